The number of rotatable bonds is 5. The zero-order chi connectivity index (χ0) is 15.4. The summed E-state index contributed by atoms with van der Waals surface area (Å²) in [4.78, 5) is 12.9. The third-order valence-electron chi connectivity index (χ3n) is 4.04. The summed E-state index contributed by atoms with van der Waals surface area (Å²) in [7, 11) is 2.14. The molecule has 21 heavy (non-hydrogen) atoms. The van der Waals surface area contributed by atoms with E-state index in [0.29, 0.717) is 24.4 Å². The van der Waals surface area contributed by atoms with Crippen molar-refractivity contribution in [3.63, 3.8) is 0 Å². The number of ether oxygens (including phenoxy) is 1. The second-order valence-corrected chi connectivity index (χ2v) is 5.57. The maximum atomic E-state index is 11.0. The molecule has 0 spiro atoms. The summed E-state index contributed by atoms with van der Waals surface area (Å²) < 4.78 is 5.38. The predicted molar refractivity (Wildman–Crippen MR) is 83.0 cm³/mol. The molecule has 0 bridgehead atoms. The molecule has 2 rings (SSSR count). The molecule has 1 aliphatic heterocycles. The smallest absolute Gasteiger partial charge is 0.311 e. The molecule has 2 atom stereocenters. The Balaban J connectivity index is 2.10. The quantitative estimate of drug-likeness (QED) is 0.668. The number of likely N-dealkylation sites (tertiary alicyclic amines) is 1. The lowest BCUT2D eigenvalue weighted by Gasteiger charge is -2.35. The fourth-order valence-corrected chi connectivity index (χ4v) is 2.68. The van der Waals surface area contributed by atoms with Crippen LogP contribution in [0.15, 0.2) is 18.2 Å². The minimum atomic E-state index is -0.410. The van der Waals surface area contributed by atoms with Crippen molar-refractivity contribution in [2.75, 3.05) is 25.5 Å². The number of hydrogen-bond donors (Lipinski definition) is 1. The van der Waals surface area contributed by atoms with E-state index < -0.39 is 4.92 Å². The van der Waals surface area contributed by atoms with Gasteiger partial charge in [0, 0.05) is 36.4 Å². The van der Waals surface area contributed by atoms with Crippen LogP contribution in [-0.4, -0.2) is 42.1 Å². The van der Waals surface area contributed by atoms with Crippen LogP contribution >= 0.6 is 0 Å². The number of nitro benzene ring substituents is 1. The molecule has 0 radical (unpaired) electrons. The minimum Gasteiger partial charge on any atom is -0.487 e. The molecular weight excluding hydrogens is 270 g/mol. The SMILES string of the molecule is CCOc1cc(NC2CCN(C)C(C)C2)ccc1[N+](=O)[O-]. The van der Waals surface area contributed by atoms with Gasteiger partial charge in [-0.05, 0) is 39.8 Å². The van der Waals surface area contributed by atoms with Crippen LogP contribution in [0.1, 0.15) is 26.7 Å². The summed E-state index contributed by atoms with van der Waals surface area (Å²) >= 11 is 0. The summed E-state index contributed by atoms with van der Waals surface area (Å²) in [5.41, 5.74) is 0.893. The van der Waals surface area contributed by atoms with E-state index in [4.69, 9.17) is 4.74 Å². The van der Waals surface area contributed by atoms with E-state index in [-0.39, 0.29) is 5.69 Å². The first-order valence-corrected chi connectivity index (χ1v) is 7.39. The van der Waals surface area contributed by atoms with E-state index in [2.05, 4.69) is 24.2 Å². The molecule has 1 aliphatic rings. The van der Waals surface area contributed by atoms with Gasteiger partial charge in [0.2, 0.25) is 0 Å². The molecular formula is C15H23N3O3. The third kappa shape index (κ3) is 3.85. The van der Waals surface area contributed by atoms with Crippen LogP contribution in [0.4, 0.5) is 11.4 Å². The van der Waals surface area contributed by atoms with Gasteiger partial charge >= 0.3 is 5.69 Å². The zero-order valence-electron chi connectivity index (χ0n) is 12.8. The fourth-order valence-electron chi connectivity index (χ4n) is 2.68. The largest absolute Gasteiger partial charge is 0.487 e. The number of hydrogen-bond acceptors (Lipinski definition) is 5. The summed E-state index contributed by atoms with van der Waals surface area (Å²) in [6, 6.07) is 5.92. The van der Waals surface area contributed by atoms with E-state index in [1.807, 2.05) is 6.92 Å². The van der Waals surface area contributed by atoms with Crippen molar-refractivity contribution < 1.29 is 9.66 Å². The Hall–Kier alpha value is -1.82. The van der Waals surface area contributed by atoms with E-state index in [9.17, 15) is 10.1 Å². The molecule has 1 saturated heterocycles. The second-order valence-electron chi connectivity index (χ2n) is 5.57. The Morgan fingerprint density at radius 2 is 2.29 bits per heavy atom. The summed E-state index contributed by atoms with van der Waals surface area (Å²) in [5.74, 6) is 0.327. The Kier molecular flexibility index (Phi) is 5.01. The highest BCUT2D eigenvalue weighted by molar-refractivity contribution is 5.58. The number of nitrogens with zero attached hydrogens (tertiary/aromatic N) is 2. The van der Waals surface area contributed by atoms with Gasteiger partial charge in [-0.25, -0.2) is 0 Å². The van der Waals surface area contributed by atoms with Crippen molar-refractivity contribution in [1.82, 2.24) is 4.90 Å². The third-order valence-corrected chi connectivity index (χ3v) is 4.04. The van der Waals surface area contributed by atoms with Crippen LogP contribution in [0.5, 0.6) is 5.75 Å². The average Bonchev–Trinajstić information content (AvgIpc) is 2.43. The van der Waals surface area contributed by atoms with Gasteiger partial charge in [0.1, 0.15) is 0 Å². The van der Waals surface area contributed by atoms with Crippen LogP contribution in [0.25, 0.3) is 0 Å². The molecule has 2 unspecified atom stereocenters. The van der Waals surface area contributed by atoms with E-state index in [0.717, 1.165) is 25.1 Å². The normalized spacial score (nSPS) is 22.8. The van der Waals surface area contributed by atoms with Gasteiger partial charge in [-0.2, -0.15) is 0 Å². The van der Waals surface area contributed by atoms with Crippen molar-refractivity contribution in [2.24, 2.45) is 0 Å². The van der Waals surface area contributed by atoms with Gasteiger partial charge in [-0.3, -0.25) is 10.1 Å². The highest BCUT2D eigenvalue weighted by atomic mass is 16.6. The van der Waals surface area contributed by atoms with Crippen LogP contribution in [-0.2, 0) is 0 Å². The lowest BCUT2D eigenvalue weighted by molar-refractivity contribution is -0.385. The lowest BCUT2D eigenvalue weighted by atomic mass is 9.98. The number of nitrogens with one attached hydrogen (secondary N) is 1. The molecule has 1 aromatic carbocycles. The van der Waals surface area contributed by atoms with Gasteiger partial charge in [0.05, 0.1) is 11.5 Å². The Bertz CT molecular complexity index is 507. The first-order chi connectivity index (χ1) is 10.0. The van der Waals surface area contributed by atoms with Crippen LogP contribution < -0.4 is 10.1 Å². The first-order valence-electron chi connectivity index (χ1n) is 7.39. The van der Waals surface area contributed by atoms with Gasteiger partial charge in [0.15, 0.2) is 5.75 Å². The number of anilines is 1. The molecule has 0 aliphatic carbocycles. The highest BCUT2D eigenvalue weighted by Gasteiger charge is 2.23. The lowest BCUT2D eigenvalue weighted by Crippen LogP contribution is -2.42. The molecule has 1 aromatic rings. The minimum absolute atomic E-state index is 0.0131. The topological polar surface area (TPSA) is 67.6 Å². The molecule has 116 valence electrons. The number of benzene rings is 1. The maximum absolute atomic E-state index is 11.0. The number of nitro groups is 1. The maximum Gasteiger partial charge on any atom is 0.311 e. The van der Waals surface area contributed by atoms with Crippen molar-refractivity contribution in [3.05, 3.63) is 28.3 Å². The highest BCUT2D eigenvalue weighted by Crippen LogP contribution is 2.31. The average molecular weight is 293 g/mol. The summed E-state index contributed by atoms with van der Waals surface area (Å²) in [6.07, 6.45) is 2.14. The van der Waals surface area contributed by atoms with Crippen LogP contribution in [0.2, 0.25) is 0 Å². The zero-order valence-corrected chi connectivity index (χ0v) is 12.8. The molecule has 0 aromatic heterocycles. The summed E-state index contributed by atoms with van der Waals surface area (Å²) in [5, 5.41) is 14.4. The van der Waals surface area contributed by atoms with Gasteiger partial charge < -0.3 is 15.0 Å². The molecule has 1 N–H and O–H groups in total. The number of piperidine rings is 1. The molecule has 1 heterocycles. The van der Waals surface area contributed by atoms with Gasteiger partial charge in [-0.1, -0.05) is 0 Å². The monoisotopic (exact) mass is 293 g/mol. The van der Waals surface area contributed by atoms with E-state index in [1.165, 1.54) is 6.07 Å². The van der Waals surface area contributed by atoms with Crippen molar-refractivity contribution in [1.29, 1.82) is 0 Å². The van der Waals surface area contributed by atoms with Crippen molar-refractivity contribution >= 4 is 11.4 Å². The van der Waals surface area contributed by atoms with Gasteiger partial charge in [0.25, 0.3) is 0 Å². The van der Waals surface area contributed by atoms with E-state index in [1.54, 1.807) is 12.1 Å². The molecule has 6 heteroatoms. The van der Waals surface area contributed by atoms with Crippen LogP contribution in [0.3, 0.4) is 0 Å². The Morgan fingerprint density at radius 1 is 1.52 bits per heavy atom. The van der Waals surface area contributed by atoms with Crippen molar-refractivity contribution in [3.8, 4) is 5.75 Å². The Morgan fingerprint density at radius 3 is 2.90 bits per heavy atom. The Labute approximate surface area is 125 Å². The van der Waals surface area contributed by atoms with Crippen molar-refractivity contribution in [2.45, 2.75) is 38.8 Å². The standard InChI is InChI=1S/C15H23N3O3/c1-4-21-15-10-12(5-6-14(15)18(19)20)16-13-7-8-17(3)11(2)9-13/h5-6,10-11,13,16H,4,7-9H2,1-3H3. The molecule has 6 nitrogen and oxygen atoms in total. The molecule has 0 saturated carbocycles. The molecule has 0 amide bonds. The molecule has 1 fully saturated rings. The van der Waals surface area contributed by atoms with Gasteiger partial charge in [-0.15, -0.1) is 0 Å². The predicted octanol–water partition coefficient (Wildman–Crippen LogP) is 2.89. The van der Waals surface area contributed by atoms with E-state index >= 15 is 0 Å². The first kappa shape index (κ1) is 15.6. The fraction of sp³-hybridized carbons (Fsp3) is 0.600. The second kappa shape index (κ2) is 6.76. The summed E-state index contributed by atoms with van der Waals surface area (Å²) in [6.45, 7) is 5.51. The van der Waals surface area contributed by atoms with Crippen LogP contribution in [0, 0.1) is 10.1 Å².